The van der Waals surface area contributed by atoms with Crippen molar-refractivity contribution < 1.29 is 44.4 Å². The quantitative estimate of drug-likeness (QED) is 0.0718. The molecule has 0 radical (unpaired) electrons. The summed E-state index contributed by atoms with van der Waals surface area (Å²) in [5, 5.41) is 5.15. The molecule has 0 unspecified atom stereocenters. The molecular weight excluding hydrogens is 946 g/mol. The molecule has 382 valence electrons. The number of aromatic nitrogens is 2. The Kier molecular flexibility index (Phi) is 20.1. The average molecular weight is 1010 g/mol. The minimum absolute atomic E-state index is 0. The van der Waals surface area contributed by atoms with E-state index in [2.05, 4.69) is 248 Å². The molecule has 8 aromatic carbocycles. The van der Waals surface area contributed by atoms with Crippen LogP contribution >= 0.6 is 0 Å². The van der Waals surface area contributed by atoms with Crippen LogP contribution in [-0.2, 0) is 5.41 Å². The summed E-state index contributed by atoms with van der Waals surface area (Å²) in [6.45, 7) is 22.4. The fraction of sp³-hybridized carbons (Fsp3) is 0.194. The van der Waals surface area contributed by atoms with E-state index >= 15 is 0 Å². The number of nitrogens with zero attached hydrogens (tertiary/aromatic N) is 2. The van der Waals surface area contributed by atoms with Crippen LogP contribution in [0, 0.1) is 48.5 Å². The highest BCUT2D eigenvalue weighted by atomic mass is 19.4. The van der Waals surface area contributed by atoms with Crippen molar-refractivity contribution >= 4 is 58.7 Å². The normalized spacial score (nSPS) is 10.6. The molecule has 10 rings (SSSR count). The van der Waals surface area contributed by atoms with Gasteiger partial charge in [0.2, 0.25) is 33.4 Å². The van der Waals surface area contributed by atoms with Gasteiger partial charge in [-0.2, -0.15) is 9.13 Å². The smallest absolute Gasteiger partial charge is 0.762 e. The topological polar surface area (TPSA) is 7.76 Å². The van der Waals surface area contributed by atoms with Gasteiger partial charge in [-0.05, 0) is 123 Å². The van der Waals surface area contributed by atoms with Gasteiger partial charge in [0.15, 0.2) is 0 Å². The first-order valence-electron chi connectivity index (χ1n) is 23.7. The maximum absolute atomic E-state index is 9.67. The van der Waals surface area contributed by atoms with Crippen LogP contribution in [0.1, 0.15) is 72.7 Å². The lowest BCUT2D eigenvalue weighted by molar-refractivity contribution is -0.538. The van der Waals surface area contributed by atoms with Crippen molar-refractivity contribution in [1.29, 1.82) is 0 Å². The highest BCUT2D eigenvalue weighted by molar-refractivity contribution is 6.33. The molecule has 0 aliphatic rings. The molecule has 12 heteroatoms. The van der Waals surface area contributed by atoms with Crippen molar-refractivity contribution in [3.8, 4) is 33.6 Å². The predicted octanol–water partition coefficient (Wildman–Crippen LogP) is 11.7. The van der Waals surface area contributed by atoms with Gasteiger partial charge in [0.05, 0.1) is 21.5 Å². The predicted molar refractivity (Wildman–Crippen MR) is 294 cm³/mol. The number of aryl methyl sites for hydroxylation is 7. The largest absolute Gasteiger partial charge is 1.00 e. The van der Waals surface area contributed by atoms with E-state index < -0.39 is 15.1 Å². The van der Waals surface area contributed by atoms with Crippen molar-refractivity contribution in [2.24, 2.45) is 0 Å². The third-order valence-electron chi connectivity index (χ3n) is 12.7. The van der Waals surface area contributed by atoms with Crippen molar-refractivity contribution in [1.82, 2.24) is 0 Å². The van der Waals surface area contributed by atoms with Gasteiger partial charge in [-0.15, -0.1) is 0 Å². The monoisotopic (exact) mass is 1010 g/mol. The lowest BCUT2D eigenvalue weighted by Gasteiger charge is -2.21. The van der Waals surface area contributed by atoms with Gasteiger partial charge < -0.3 is 9.41 Å². The second kappa shape index (κ2) is 25.1. The summed E-state index contributed by atoms with van der Waals surface area (Å²) in [5.41, 5.74) is 23.3. The number of hydrogen-bond acceptors (Lipinski definition) is 0. The second-order valence-electron chi connectivity index (χ2n) is 19.2. The summed E-state index contributed by atoms with van der Waals surface area (Å²) < 4.78 is 62.8. The molecule has 0 fully saturated rings. The zero-order valence-electron chi connectivity index (χ0n) is 42.7. The van der Waals surface area contributed by atoms with E-state index in [0.717, 1.165) is 0 Å². The Morgan fingerprint density at radius 2 is 0.649 bits per heavy atom. The first-order chi connectivity index (χ1) is 33.8. The molecule has 0 aliphatic heterocycles. The van der Waals surface area contributed by atoms with Gasteiger partial charge in [0.1, 0.15) is 0 Å². The lowest BCUT2D eigenvalue weighted by atomic mass is 9.84. The Morgan fingerprint density at radius 3 is 1.03 bits per heavy atom. The summed E-state index contributed by atoms with van der Waals surface area (Å²) in [6, 6.07) is 62.2. The molecule has 0 spiro atoms. The SMILES string of the molecule is C.Cc1cc(C)c(-c2c3ccc(C)cc3[n+](-c3ccccc3)c3cc(C(C)(C)C)ccc23)c(C)c1.Cc1cc(C)c(-c2c3ccccc3[n+](-c3ccccc3)c3ccccc23)c(C)c1.FB(F)F.FB(F)F.[F-].[F-]. The number of para-hydroxylation sites is 4. The second-order valence-corrected chi connectivity index (χ2v) is 19.2. The molecule has 74 heavy (non-hydrogen) atoms. The van der Waals surface area contributed by atoms with Crippen LogP contribution in [0.3, 0.4) is 0 Å². The minimum atomic E-state index is -3.67. The van der Waals surface area contributed by atoms with E-state index in [9.17, 15) is 25.9 Å². The molecule has 2 nitrogen and oxygen atoms in total. The third-order valence-corrected chi connectivity index (χ3v) is 12.7. The van der Waals surface area contributed by atoms with Crippen LogP contribution in [0.25, 0.3) is 77.2 Å². The van der Waals surface area contributed by atoms with Crippen LogP contribution < -0.4 is 18.5 Å². The summed E-state index contributed by atoms with van der Waals surface area (Å²) >= 11 is 0. The molecule has 0 saturated heterocycles. The third kappa shape index (κ3) is 12.9. The Bertz CT molecular complexity index is 3410. The Morgan fingerprint density at radius 1 is 0.338 bits per heavy atom. The molecule has 0 N–H and O–H groups in total. The summed E-state index contributed by atoms with van der Waals surface area (Å²) in [4.78, 5) is 0. The molecule has 2 heterocycles. The fourth-order valence-electron chi connectivity index (χ4n) is 10.1. The number of hydrogen-bond donors (Lipinski definition) is 0. The van der Waals surface area contributed by atoms with Crippen LogP contribution in [0.5, 0.6) is 0 Å². The molecule has 10 aromatic rings. The standard InChI is InChI=1S/C33H34N.C28H24N.CH4.2BF3.2FH/c1-21-13-15-27-29(19-21)34(26-11-9-8-10-12-26)30-20-25(33(5,6)7)14-16-28(30)32(27)31-23(3)17-22(2)18-24(31)4;1-19-17-20(2)27(21(3)18-19)28-23-13-7-9-15-25(23)29(22-11-5-4-6-12-22)26-16-10-8-14-24(26)28;;2*2-1(3)4;;/h8-20H,1-7H3;4-18H,1-3H3;1H4;;;2*1H/q2*+1;;;;;/p-2. The molecule has 0 amide bonds. The van der Waals surface area contributed by atoms with Gasteiger partial charge in [-0.3, -0.25) is 25.9 Å². The van der Waals surface area contributed by atoms with E-state index in [1.165, 1.54) is 122 Å². The molecule has 2 aromatic heterocycles. The van der Waals surface area contributed by atoms with Gasteiger partial charge >= 0.3 is 15.1 Å². The van der Waals surface area contributed by atoms with Gasteiger partial charge in [0, 0.05) is 59.7 Å². The van der Waals surface area contributed by atoms with Gasteiger partial charge in [-0.25, -0.2) is 0 Å². The van der Waals surface area contributed by atoms with Crippen LogP contribution in [0.15, 0.2) is 170 Å². The van der Waals surface area contributed by atoms with E-state index in [1.807, 2.05) is 0 Å². The Hall–Kier alpha value is -7.33. The first kappa shape index (κ1) is 59.2. The Labute approximate surface area is 431 Å². The highest BCUT2D eigenvalue weighted by Crippen LogP contribution is 2.41. The zero-order valence-corrected chi connectivity index (χ0v) is 42.7. The molecule has 0 aliphatic carbocycles. The molecule has 0 atom stereocenters. The van der Waals surface area contributed by atoms with Crippen molar-refractivity contribution in [2.75, 3.05) is 0 Å². The number of fused-ring (bicyclic) bond motifs is 4. The number of benzene rings is 8. The van der Waals surface area contributed by atoms with Crippen molar-refractivity contribution in [2.45, 2.75) is 82.1 Å². The molecule has 0 bridgehead atoms. The van der Waals surface area contributed by atoms with E-state index in [4.69, 9.17) is 0 Å². The molecular formula is C62H62B2F8N2. The highest BCUT2D eigenvalue weighted by Gasteiger charge is 2.28. The summed E-state index contributed by atoms with van der Waals surface area (Å²) in [6.07, 6.45) is 0. The maximum atomic E-state index is 9.67. The fourth-order valence-corrected chi connectivity index (χ4v) is 10.1. The average Bonchev–Trinajstić information content (AvgIpc) is 3.30. The number of halogens is 8. The Balaban J connectivity index is 0.000000272. The minimum Gasteiger partial charge on any atom is -1.00 e. The van der Waals surface area contributed by atoms with Crippen LogP contribution in [-0.4, -0.2) is 15.1 Å². The lowest BCUT2D eigenvalue weighted by Crippen LogP contribution is -3.00. The van der Waals surface area contributed by atoms with Gasteiger partial charge in [0.25, 0.3) is 0 Å². The van der Waals surface area contributed by atoms with Crippen molar-refractivity contribution in [3.05, 3.63) is 214 Å². The number of rotatable bonds is 4. The van der Waals surface area contributed by atoms with Crippen LogP contribution in [0.4, 0.5) is 25.9 Å². The van der Waals surface area contributed by atoms with E-state index in [0.29, 0.717) is 0 Å². The zero-order chi connectivity index (χ0) is 51.3. The van der Waals surface area contributed by atoms with Crippen LogP contribution in [0.2, 0.25) is 0 Å². The first-order valence-corrected chi connectivity index (χ1v) is 23.7. The van der Waals surface area contributed by atoms with E-state index in [-0.39, 0.29) is 22.3 Å². The molecule has 0 saturated carbocycles. The summed E-state index contributed by atoms with van der Waals surface area (Å²) in [5.74, 6) is 0. The summed E-state index contributed by atoms with van der Waals surface area (Å²) in [7, 11) is -7.33. The van der Waals surface area contributed by atoms with Gasteiger partial charge in [-0.1, -0.05) is 136 Å². The maximum Gasteiger partial charge on any atom is 0.762 e. The number of pyridine rings is 2. The van der Waals surface area contributed by atoms with E-state index in [1.54, 1.807) is 0 Å². The van der Waals surface area contributed by atoms with Crippen molar-refractivity contribution in [3.63, 3.8) is 0 Å².